The fourth-order valence-corrected chi connectivity index (χ4v) is 10.4. The van der Waals surface area contributed by atoms with Crippen molar-refractivity contribution >= 4 is 50.4 Å². The first-order chi connectivity index (χ1) is 26.3. The third kappa shape index (κ3) is 4.40. The quantitative estimate of drug-likeness (QED) is 0.181. The van der Waals surface area contributed by atoms with Crippen LogP contribution < -0.4 is 4.90 Å². The first-order valence-corrected chi connectivity index (χ1v) is 19.1. The molecule has 1 aliphatic heterocycles. The molecule has 1 unspecified atom stereocenters. The number of anilines is 3. The molecule has 0 bridgehead atoms. The van der Waals surface area contributed by atoms with E-state index in [4.69, 9.17) is 0 Å². The number of rotatable bonds is 4. The van der Waals surface area contributed by atoms with E-state index in [0.717, 1.165) is 17.1 Å². The molecule has 1 heterocycles. The highest BCUT2D eigenvalue weighted by Crippen LogP contribution is 2.62. The SMILES string of the molecule is c1ccc(-c2cccc3c(N(c4ccccc4)c4ccc5c(c4)C4(c6ccccc6S5)c5ccccc5-c5cccc6cccc4c56)cccc23)cc1. The number of hydrogen-bond donors (Lipinski definition) is 0. The molecule has 2 aliphatic rings. The smallest absolute Gasteiger partial charge is 0.0736 e. The van der Waals surface area contributed by atoms with Crippen molar-refractivity contribution in [2.45, 2.75) is 15.2 Å². The second-order valence-electron chi connectivity index (χ2n) is 14.0. The fourth-order valence-electron chi connectivity index (χ4n) is 9.18. The van der Waals surface area contributed by atoms with E-state index < -0.39 is 5.41 Å². The van der Waals surface area contributed by atoms with Crippen LogP contribution in [0.25, 0.3) is 43.8 Å². The van der Waals surface area contributed by atoms with Gasteiger partial charge in [0.15, 0.2) is 0 Å². The summed E-state index contributed by atoms with van der Waals surface area (Å²) in [5.74, 6) is 0. The van der Waals surface area contributed by atoms with Gasteiger partial charge in [-0.05, 0) is 103 Å². The molecule has 0 saturated carbocycles. The van der Waals surface area contributed by atoms with Crippen molar-refractivity contribution in [3.05, 3.63) is 222 Å². The number of hydrogen-bond acceptors (Lipinski definition) is 2. The van der Waals surface area contributed by atoms with Gasteiger partial charge in [0.25, 0.3) is 0 Å². The van der Waals surface area contributed by atoms with Crippen molar-refractivity contribution < 1.29 is 0 Å². The molecule has 0 fully saturated rings. The summed E-state index contributed by atoms with van der Waals surface area (Å²) in [6, 6.07) is 74.1. The molecule has 0 radical (unpaired) electrons. The molecule has 0 saturated heterocycles. The summed E-state index contributed by atoms with van der Waals surface area (Å²) in [5.41, 5.74) is 13.3. The van der Waals surface area contributed by atoms with Crippen molar-refractivity contribution in [2.24, 2.45) is 0 Å². The van der Waals surface area contributed by atoms with E-state index in [2.05, 4.69) is 205 Å². The van der Waals surface area contributed by atoms with Crippen LogP contribution in [0.4, 0.5) is 17.1 Å². The van der Waals surface area contributed by atoms with Gasteiger partial charge in [0.1, 0.15) is 0 Å². The molecule has 248 valence electrons. The maximum Gasteiger partial charge on any atom is 0.0736 e. The summed E-state index contributed by atoms with van der Waals surface area (Å²) >= 11 is 1.89. The average molecular weight is 692 g/mol. The maximum atomic E-state index is 2.49. The van der Waals surface area contributed by atoms with E-state index in [9.17, 15) is 0 Å². The van der Waals surface area contributed by atoms with Gasteiger partial charge in [-0.1, -0.05) is 169 Å². The predicted molar refractivity (Wildman–Crippen MR) is 223 cm³/mol. The van der Waals surface area contributed by atoms with Gasteiger partial charge in [0.2, 0.25) is 0 Å². The Kier molecular flexibility index (Phi) is 6.77. The van der Waals surface area contributed by atoms with E-state index in [0.29, 0.717) is 0 Å². The third-order valence-electron chi connectivity index (χ3n) is 11.3. The Morgan fingerprint density at radius 2 is 1.00 bits per heavy atom. The first-order valence-electron chi connectivity index (χ1n) is 18.3. The molecule has 1 spiro atoms. The van der Waals surface area contributed by atoms with Crippen LogP contribution in [0.15, 0.2) is 210 Å². The molecule has 9 aromatic rings. The van der Waals surface area contributed by atoms with Crippen molar-refractivity contribution in [3.63, 3.8) is 0 Å². The molecule has 0 N–H and O–H groups in total. The van der Waals surface area contributed by atoms with Crippen molar-refractivity contribution in [2.75, 3.05) is 4.90 Å². The minimum Gasteiger partial charge on any atom is -0.310 e. The molecule has 1 aliphatic carbocycles. The lowest BCUT2D eigenvalue weighted by molar-refractivity contribution is 0.707. The van der Waals surface area contributed by atoms with Gasteiger partial charge >= 0.3 is 0 Å². The van der Waals surface area contributed by atoms with Gasteiger partial charge in [0, 0.05) is 26.6 Å². The van der Waals surface area contributed by atoms with E-state index in [1.165, 1.54) is 75.8 Å². The van der Waals surface area contributed by atoms with Gasteiger partial charge in [-0.25, -0.2) is 0 Å². The number of para-hydroxylation sites is 1. The average Bonchev–Trinajstić information content (AvgIpc) is 3.23. The van der Waals surface area contributed by atoms with Crippen LogP contribution in [0.2, 0.25) is 0 Å². The van der Waals surface area contributed by atoms with Crippen molar-refractivity contribution in [1.82, 2.24) is 0 Å². The molecule has 1 nitrogen and oxygen atoms in total. The van der Waals surface area contributed by atoms with E-state index >= 15 is 0 Å². The summed E-state index contributed by atoms with van der Waals surface area (Å²) in [5, 5.41) is 5.07. The topological polar surface area (TPSA) is 3.24 Å². The van der Waals surface area contributed by atoms with Crippen LogP contribution in [0.3, 0.4) is 0 Å². The third-order valence-corrected chi connectivity index (χ3v) is 12.5. The summed E-state index contributed by atoms with van der Waals surface area (Å²) in [7, 11) is 0. The molecular formula is C51H33NS. The van der Waals surface area contributed by atoms with Gasteiger partial charge < -0.3 is 4.90 Å². The minimum atomic E-state index is -0.515. The van der Waals surface area contributed by atoms with Crippen molar-refractivity contribution in [1.29, 1.82) is 0 Å². The first kappa shape index (κ1) is 30.3. The highest BCUT2D eigenvalue weighted by Gasteiger charge is 2.48. The zero-order valence-electron chi connectivity index (χ0n) is 28.9. The molecular weight excluding hydrogens is 659 g/mol. The van der Waals surface area contributed by atoms with Crippen LogP contribution in [0.1, 0.15) is 22.3 Å². The monoisotopic (exact) mass is 691 g/mol. The van der Waals surface area contributed by atoms with Crippen LogP contribution >= 0.6 is 11.8 Å². The Morgan fingerprint density at radius 1 is 0.377 bits per heavy atom. The Balaban J connectivity index is 1.22. The Morgan fingerprint density at radius 3 is 1.87 bits per heavy atom. The van der Waals surface area contributed by atoms with E-state index in [-0.39, 0.29) is 0 Å². The van der Waals surface area contributed by atoms with Crippen LogP contribution in [0.5, 0.6) is 0 Å². The summed E-state index contributed by atoms with van der Waals surface area (Å²) in [6.07, 6.45) is 0. The molecule has 0 amide bonds. The van der Waals surface area contributed by atoms with Gasteiger partial charge in [-0.3, -0.25) is 0 Å². The maximum absolute atomic E-state index is 2.49. The Labute approximate surface area is 313 Å². The lowest BCUT2D eigenvalue weighted by Gasteiger charge is -2.46. The molecule has 11 rings (SSSR count). The molecule has 2 heteroatoms. The van der Waals surface area contributed by atoms with Crippen LogP contribution in [-0.4, -0.2) is 0 Å². The summed E-state index contributed by atoms with van der Waals surface area (Å²) in [4.78, 5) is 5.05. The minimum absolute atomic E-state index is 0.515. The van der Waals surface area contributed by atoms with Gasteiger partial charge in [-0.2, -0.15) is 0 Å². The summed E-state index contributed by atoms with van der Waals surface area (Å²) in [6.45, 7) is 0. The largest absolute Gasteiger partial charge is 0.310 e. The fraction of sp³-hybridized carbons (Fsp3) is 0.0196. The van der Waals surface area contributed by atoms with Crippen LogP contribution in [-0.2, 0) is 5.41 Å². The molecule has 1 atom stereocenters. The zero-order valence-corrected chi connectivity index (χ0v) is 29.7. The number of nitrogens with zero attached hydrogens (tertiary/aromatic N) is 1. The second-order valence-corrected chi connectivity index (χ2v) is 15.1. The van der Waals surface area contributed by atoms with Gasteiger partial charge in [0.05, 0.1) is 11.1 Å². The Bertz CT molecular complexity index is 2870. The normalized spacial score (nSPS) is 15.2. The van der Waals surface area contributed by atoms with Gasteiger partial charge in [-0.15, -0.1) is 0 Å². The Hall–Kier alpha value is -6.35. The van der Waals surface area contributed by atoms with E-state index in [1.807, 2.05) is 11.8 Å². The zero-order chi connectivity index (χ0) is 34.9. The van der Waals surface area contributed by atoms with Crippen LogP contribution in [0, 0.1) is 0 Å². The summed E-state index contributed by atoms with van der Waals surface area (Å²) < 4.78 is 0. The van der Waals surface area contributed by atoms with Crippen molar-refractivity contribution in [3.8, 4) is 22.3 Å². The van der Waals surface area contributed by atoms with E-state index in [1.54, 1.807) is 0 Å². The number of benzene rings is 9. The second kappa shape index (κ2) is 11.8. The lowest BCUT2D eigenvalue weighted by Crippen LogP contribution is -2.36. The molecule has 9 aromatic carbocycles. The highest BCUT2D eigenvalue weighted by atomic mass is 32.2. The number of fused-ring (bicyclic) bond motifs is 9. The highest BCUT2D eigenvalue weighted by molar-refractivity contribution is 7.99. The lowest BCUT2D eigenvalue weighted by atomic mass is 9.59. The molecule has 53 heavy (non-hydrogen) atoms. The predicted octanol–water partition coefficient (Wildman–Crippen LogP) is 14.0. The molecule has 0 aromatic heterocycles. The standard InChI is InChI=1S/C51H33NS/c1-3-15-34(16-4-1)38-22-13-24-41-39(38)23-14-29-47(41)52(36-19-5-2-6-20-36)37-31-32-49-46(33-37)51(44-27-9-10-30-48(44)53-49)43-26-8-7-21-40(43)42-25-11-17-35-18-12-28-45(51)50(35)42/h1-33H.